The summed E-state index contributed by atoms with van der Waals surface area (Å²) in [4.78, 5) is 13.3. The molecule has 0 atom stereocenters. The van der Waals surface area contributed by atoms with E-state index in [1.807, 2.05) is 7.05 Å². The van der Waals surface area contributed by atoms with Crippen LogP contribution in [0.15, 0.2) is 24.4 Å². The Balaban J connectivity index is 1.59. The Bertz CT molecular complexity index is 940. The fraction of sp³-hybridized carbons (Fsp3) is 0.353. The number of fused-ring (bicyclic) bond motifs is 1. The highest BCUT2D eigenvalue weighted by molar-refractivity contribution is 6.30. The minimum Gasteiger partial charge on any atom is -0.381 e. The topological polar surface area (TPSA) is 76.9 Å². The molecule has 0 amide bonds. The second-order valence-corrected chi connectivity index (χ2v) is 6.61. The molecule has 1 saturated heterocycles. The second-order valence-electron chi connectivity index (χ2n) is 6.18. The lowest BCUT2D eigenvalue weighted by atomic mass is 10.1. The maximum Gasteiger partial charge on any atom is 0.224 e. The van der Waals surface area contributed by atoms with Crippen molar-refractivity contribution in [3.05, 3.63) is 35.2 Å². The summed E-state index contributed by atoms with van der Waals surface area (Å²) in [6, 6.07) is 4.74. The molecule has 2 N–H and O–H groups in total. The number of benzene rings is 1. The lowest BCUT2D eigenvalue weighted by Gasteiger charge is -2.22. The number of aryl methyl sites for hydroxylation is 1. The Morgan fingerprint density at radius 3 is 2.85 bits per heavy atom. The van der Waals surface area contributed by atoms with E-state index in [4.69, 9.17) is 16.3 Å². The van der Waals surface area contributed by atoms with Crippen molar-refractivity contribution in [2.75, 3.05) is 23.8 Å². The number of ether oxygens (including phenoxy) is 1. The third-order valence-electron chi connectivity index (χ3n) is 4.34. The fourth-order valence-electron chi connectivity index (χ4n) is 2.90. The number of rotatable bonds is 4. The molecule has 1 aliphatic rings. The van der Waals surface area contributed by atoms with Gasteiger partial charge in [0.25, 0.3) is 0 Å². The molecule has 136 valence electrons. The van der Waals surface area contributed by atoms with Crippen LogP contribution < -0.4 is 10.6 Å². The highest BCUT2D eigenvalue weighted by atomic mass is 35.5. The van der Waals surface area contributed by atoms with Crippen LogP contribution in [0, 0.1) is 5.82 Å². The van der Waals surface area contributed by atoms with Crippen LogP contribution in [0.2, 0.25) is 5.02 Å². The Morgan fingerprint density at radius 1 is 1.27 bits per heavy atom. The average Bonchev–Trinajstić information content (AvgIpc) is 2.94. The molecule has 7 nitrogen and oxygen atoms in total. The number of nitrogens with one attached hydrogen (secondary N) is 2. The number of halogens is 2. The number of nitrogens with zero attached hydrogens (tertiary/aromatic N) is 4. The van der Waals surface area contributed by atoms with Crippen LogP contribution in [0.25, 0.3) is 11.2 Å². The van der Waals surface area contributed by atoms with Crippen molar-refractivity contribution in [1.82, 2.24) is 19.5 Å². The molecule has 0 unspecified atom stereocenters. The first-order valence-corrected chi connectivity index (χ1v) is 8.74. The number of anilines is 3. The van der Waals surface area contributed by atoms with Crippen LogP contribution in [0.1, 0.15) is 12.8 Å². The monoisotopic (exact) mass is 376 g/mol. The summed E-state index contributed by atoms with van der Waals surface area (Å²) in [6.07, 6.45) is 3.51. The summed E-state index contributed by atoms with van der Waals surface area (Å²) in [6.45, 7) is 1.48. The normalized spacial score (nSPS) is 15.3. The van der Waals surface area contributed by atoms with E-state index in [0.717, 1.165) is 26.1 Å². The predicted molar refractivity (Wildman–Crippen MR) is 98.5 cm³/mol. The largest absolute Gasteiger partial charge is 0.381 e. The number of hydrogen-bond acceptors (Lipinski definition) is 6. The minimum atomic E-state index is -0.447. The molecule has 9 heteroatoms. The highest BCUT2D eigenvalue weighted by Crippen LogP contribution is 2.25. The molecular formula is C17H18ClFN6O. The average molecular weight is 377 g/mol. The molecule has 0 aliphatic carbocycles. The second kappa shape index (κ2) is 7.05. The predicted octanol–water partition coefficient (Wildman–Crippen LogP) is 3.49. The van der Waals surface area contributed by atoms with Gasteiger partial charge in [-0.1, -0.05) is 11.6 Å². The lowest BCUT2D eigenvalue weighted by molar-refractivity contribution is 0.0903. The molecule has 0 spiro atoms. The summed E-state index contributed by atoms with van der Waals surface area (Å²) in [5.74, 6) is 0.577. The molecular weight excluding hydrogens is 359 g/mol. The van der Waals surface area contributed by atoms with E-state index in [9.17, 15) is 4.39 Å². The van der Waals surface area contributed by atoms with Crippen molar-refractivity contribution < 1.29 is 9.13 Å². The molecule has 3 heterocycles. The maximum absolute atomic E-state index is 14.0. The third kappa shape index (κ3) is 3.42. The van der Waals surface area contributed by atoms with Gasteiger partial charge in [-0.25, -0.2) is 14.4 Å². The van der Waals surface area contributed by atoms with Gasteiger partial charge in [-0.2, -0.15) is 4.98 Å². The van der Waals surface area contributed by atoms with Crippen LogP contribution in [0.3, 0.4) is 0 Å². The number of imidazole rings is 1. The molecule has 4 rings (SSSR count). The van der Waals surface area contributed by atoms with Crippen LogP contribution >= 0.6 is 11.6 Å². The minimum absolute atomic E-state index is 0.293. The summed E-state index contributed by atoms with van der Waals surface area (Å²) >= 11 is 5.79. The molecule has 0 bridgehead atoms. The highest BCUT2D eigenvalue weighted by Gasteiger charge is 2.16. The van der Waals surface area contributed by atoms with Crippen molar-refractivity contribution in [3.8, 4) is 0 Å². The standard InChI is InChI=1S/C17H18ClFN6O/c1-25-15-14(9-20-16(24-15)21-11-4-6-26-7-5-11)23-17(25)22-13-3-2-10(18)8-12(13)19/h2-3,8-9,11H,4-7H2,1H3,(H,22,23)(H,20,21,24). The fourth-order valence-corrected chi connectivity index (χ4v) is 3.06. The first kappa shape index (κ1) is 17.0. The van der Waals surface area contributed by atoms with E-state index in [0.29, 0.717) is 39.8 Å². The molecule has 1 aliphatic heterocycles. The smallest absolute Gasteiger partial charge is 0.224 e. The van der Waals surface area contributed by atoms with Gasteiger partial charge in [0, 0.05) is 31.3 Å². The third-order valence-corrected chi connectivity index (χ3v) is 4.58. The van der Waals surface area contributed by atoms with E-state index in [-0.39, 0.29) is 0 Å². The maximum atomic E-state index is 14.0. The Morgan fingerprint density at radius 2 is 2.08 bits per heavy atom. The molecule has 2 aromatic heterocycles. The molecule has 0 radical (unpaired) electrons. The van der Waals surface area contributed by atoms with Gasteiger partial charge in [0.1, 0.15) is 11.3 Å². The van der Waals surface area contributed by atoms with E-state index < -0.39 is 5.82 Å². The SMILES string of the molecule is Cn1c(Nc2ccc(Cl)cc2F)nc2cnc(NC3CCOCC3)nc21. The van der Waals surface area contributed by atoms with Crippen molar-refractivity contribution in [3.63, 3.8) is 0 Å². The van der Waals surface area contributed by atoms with Gasteiger partial charge in [0.2, 0.25) is 11.9 Å². The summed E-state index contributed by atoms with van der Waals surface area (Å²) < 4.78 is 21.1. The molecule has 0 saturated carbocycles. The van der Waals surface area contributed by atoms with E-state index in [1.54, 1.807) is 22.9 Å². The summed E-state index contributed by atoms with van der Waals surface area (Å²) in [5, 5.41) is 6.65. The van der Waals surface area contributed by atoms with E-state index >= 15 is 0 Å². The van der Waals surface area contributed by atoms with Gasteiger partial charge in [-0.05, 0) is 31.0 Å². The number of aromatic nitrogens is 4. The lowest BCUT2D eigenvalue weighted by Crippen LogP contribution is -2.28. The quantitative estimate of drug-likeness (QED) is 0.725. The van der Waals surface area contributed by atoms with Gasteiger partial charge in [-0.15, -0.1) is 0 Å². The van der Waals surface area contributed by atoms with Gasteiger partial charge < -0.3 is 15.4 Å². The van der Waals surface area contributed by atoms with Crippen LogP contribution in [-0.2, 0) is 11.8 Å². The molecule has 26 heavy (non-hydrogen) atoms. The van der Waals surface area contributed by atoms with Crippen LogP contribution in [0.4, 0.5) is 22.0 Å². The first-order valence-electron chi connectivity index (χ1n) is 8.36. The van der Waals surface area contributed by atoms with Gasteiger partial charge in [-0.3, -0.25) is 4.57 Å². The van der Waals surface area contributed by atoms with Gasteiger partial charge in [0.05, 0.1) is 11.9 Å². The van der Waals surface area contributed by atoms with Gasteiger partial charge in [0.15, 0.2) is 5.65 Å². The molecule has 3 aromatic rings. The molecule has 1 aromatic carbocycles. The zero-order valence-corrected chi connectivity index (χ0v) is 14.9. The van der Waals surface area contributed by atoms with Crippen molar-refractivity contribution in [1.29, 1.82) is 0 Å². The molecule has 1 fully saturated rings. The first-order chi connectivity index (χ1) is 12.6. The van der Waals surface area contributed by atoms with Crippen LogP contribution in [0.5, 0.6) is 0 Å². The number of hydrogen-bond donors (Lipinski definition) is 2. The van der Waals surface area contributed by atoms with Crippen molar-refractivity contribution in [2.45, 2.75) is 18.9 Å². The summed E-state index contributed by atoms with van der Waals surface area (Å²) in [7, 11) is 1.82. The van der Waals surface area contributed by atoms with Crippen molar-refractivity contribution >= 4 is 40.3 Å². The Labute approximate surface area is 154 Å². The zero-order chi connectivity index (χ0) is 18.1. The Hall–Kier alpha value is -2.45. The van der Waals surface area contributed by atoms with E-state index in [1.165, 1.54) is 6.07 Å². The summed E-state index contributed by atoms with van der Waals surface area (Å²) in [5.41, 5.74) is 1.58. The zero-order valence-electron chi connectivity index (χ0n) is 14.2. The van der Waals surface area contributed by atoms with Gasteiger partial charge >= 0.3 is 0 Å². The van der Waals surface area contributed by atoms with Crippen LogP contribution in [-0.4, -0.2) is 38.8 Å². The van der Waals surface area contributed by atoms with Crippen molar-refractivity contribution in [2.24, 2.45) is 7.05 Å². The van der Waals surface area contributed by atoms with E-state index in [2.05, 4.69) is 25.6 Å². The Kier molecular flexibility index (Phi) is 4.60.